The zero-order valence-corrected chi connectivity index (χ0v) is 11.9. The summed E-state index contributed by atoms with van der Waals surface area (Å²) in [6.07, 6.45) is 6.13. The first-order chi connectivity index (χ1) is 10.1. The van der Waals surface area contributed by atoms with Crippen LogP contribution in [0.1, 0.15) is 19.4 Å². The molecule has 0 atom stereocenters. The average molecular weight is 281 g/mol. The van der Waals surface area contributed by atoms with Crippen LogP contribution >= 0.6 is 0 Å². The number of carbonyl (C=O) groups excluding carboxylic acids is 2. The van der Waals surface area contributed by atoms with Crippen LogP contribution in [0.25, 0.3) is 6.08 Å². The van der Waals surface area contributed by atoms with E-state index in [0.29, 0.717) is 16.9 Å². The molecule has 0 spiro atoms. The highest BCUT2D eigenvalue weighted by atomic mass is 16.7. The third-order valence-corrected chi connectivity index (χ3v) is 2.90. The minimum atomic E-state index is -0.569. The summed E-state index contributed by atoms with van der Waals surface area (Å²) >= 11 is 0. The van der Waals surface area contributed by atoms with Crippen molar-refractivity contribution in [2.24, 2.45) is 5.16 Å². The van der Waals surface area contributed by atoms with Crippen molar-refractivity contribution in [2.45, 2.75) is 13.8 Å². The molecule has 1 aliphatic carbocycles. The van der Waals surface area contributed by atoms with Gasteiger partial charge in [0.2, 0.25) is 0 Å². The topological polar surface area (TPSA) is 55.7 Å². The lowest BCUT2D eigenvalue weighted by molar-refractivity contribution is -0.137. The quantitative estimate of drug-likeness (QED) is 0.370. The lowest BCUT2D eigenvalue weighted by Crippen LogP contribution is -2.11. The van der Waals surface area contributed by atoms with Crippen molar-refractivity contribution in [3.63, 3.8) is 0 Å². The Morgan fingerprint density at radius 1 is 1.10 bits per heavy atom. The molecule has 0 amide bonds. The second-order valence-corrected chi connectivity index (χ2v) is 4.65. The maximum atomic E-state index is 11.6. The molecule has 0 saturated heterocycles. The normalized spacial score (nSPS) is 14.8. The number of nitrogens with zero attached hydrogens (tertiary/aromatic N) is 1. The zero-order chi connectivity index (χ0) is 15.2. The maximum absolute atomic E-state index is 11.6. The third kappa shape index (κ3) is 4.11. The van der Waals surface area contributed by atoms with E-state index >= 15 is 0 Å². The summed E-state index contributed by atoms with van der Waals surface area (Å²) in [5, 5.41) is 3.74. The molecule has 0 aromatic heterocycles. The van der Waals surface area contributed by atoms with Crippen molar-refractivity contribution in [3.05, 3.63) is 65.3 Å². The van der Waals surface area contributed by atoms with Gasteiger partial charge in [-0.3, -0.25) is 4.79 Å². The molecule has 1 aromatic rings. The molecule has 0 saturated carbocycles. The van der Waals surface area contributed by atoms with Crippen LogP contribution in [-0.4, -0.2) is 17.5 Å². The first kappa shape index (κ1) is 14.7. The molecule has 4 heteroatoms. The molecule has 2 rings (SSSR count). The maximum Gasteiger partial charge on any atom is 0.358 e. The molecule has 4 nitrogen and oxygen atoms in total. The van der Waals surface area contributed by atoms with E-state index in [4.69, 9.17) is 4.84 Å². The molecule has 0 unspecified atom stereocenters. The van der Waals surface area contributed by atoms with E-state index < -0.39 is 5.97 Å². The SMILES string of the molecule is CC1=CC(=NOC(=O)/C=C/c2ccccc2)C=C(C)C1=O. The molecule has 21 heavy (non-hydrogen) atoms. The number of benzene rings is 1. The van der Waals surface area contributed by atoms with Crippen LogP contribution in [0.4, 0.5) is 0 Å². The molecule has 106 valence electrons. The number of rotatable bonds is 3. The van der Waals surface area contributed by atoms with Crippen molar-refractivity contribution in [1.82, 2.24) is 0 Å². The Kier molecular flexibility index (Phi) is 4.61. The summed E-state index contributed by atoms with van der Waals surface area (Å²) in [5.74, 6) is -0.593. The fourth-order valence-electron chi connectivity index (χ4n) is 1.84. The van der Waals surface area contributed by atoms with Crippen molar-refractivity contribution < 1.29 is 14.4 Å². The average Bonchev–Trinajstić information content (AvgIpc) is 2.49. The highest BCUT2D eigenvalue weighted by molar-refractivity contribution is 6.21. The van der Waals surface area contributed by atoms with Crippen LogP contribution < -0.4 is 0 Å². The molecule has 0 N–H and O–H groups in total. The highest BCUT2D eigenvalue weighted by Crippen LogP contribution is 2.12. The largest absolute Gasteiger partial charge is 0.358 e. The highest BCUT2D eigenvalue weighted by Gasteiger charge is 2.14. The van der Waals surface area contributed by atoms with Gasteiger partial charge in [0.15, 0.2) is 5.78 Å². The summed E-state index contributed by atoms with van der Waals surface area (Å²) < 4.78 is 0. The Bertz CT molecular complexity index is 655. The van der Waals surface area contributed by atoms with Crippen molar-refractivity contribution in [1.29, 1.82) is 0 Å². The zero-order valence-electron chi connectivity index (χ0n) is 11.9. The molecule has 0 heterocycles. The van der Waals surface area contributed by atoms with Gasteiger partial charge in [0.25, 0.3) is 0 Å². The summed E-state index contributed by atoms with van der Waals surface area (Å²) in [6.45, 7) is 3.40. The van der Waals surface area contributed by atoms with E-state index in [2.05, 4.69) is 5.16 Å². The summed E-state index contributed by atoms with van der Waals surface area (Å²) in [7, 11) is 0. The first-order valence-electron chi connectivity index (χ1n) is 6.49. The monoisotopic (exact) mass is 281 g/mol. The van der Waals surface area contributed by atoms with E-state index in [1.165, 1.54) is 6.08 Å². The number of ketones is 1. The van der Waals surface area contributed by atoms with E-state index in [0.717, 1.165) is 5.56 Å². The summed E-state index contributed by atoms with van der Waals surface area (Å²) in [5.41, 5.74) is 2.50. The van der Waals surface area contributed by atoms with Gasteiger partial charge in [-0.15, -0.1) is 0 Å². The van der Waals surface area contributed by atoms with Gasteiger partial charge in [-0.2, -0.15) is 0 Å². The van der Waals surface area contributed by atoms with Crippen molar-refractivity contribution in [3.8, 4) is 0 Å². The Labute approximate surface area is 123 Å². The van der Waals surface area contributed by atoms with E-state index in [1.54, 1.807) is 32.1 Å². The fourth-order valence-corrected chi connectivity index (χ4v) is 1.84. The Morgan fingerprint density at radius 3 is 2.33 bits per heavy atom. The van der Waals surface area contributed by atoms with Gasteiger partial charge in [-0.05, 0) is 48.8 Å². The molecule has 1 aromatic carbocycles. The van der Waals surface area contributed by atoms with E-state index in [9.17, 15) is 9.59 Å². The van der Waals surface area contributed by atoms with Crippen LogP contribution in [0.2, 0.25) is 0 Å². The number of allylic oxidation sites excluding steroid dienone is 4. The van der Waals surface area contributed by atoms with Gasteiger partial charge in [0, 0.05) is 6.08 Å². The molecule has 0 fully saturated rings. The van der Waals surface area contributed by atoms with Crippen molar-refractivity contribution in [2.75, 3.05) is 0 Å². The van der Waals surface area contributed by atoms with E-state index in [1.807, 2.05) is 30.3 Å². The Morgan fingerprint density at radius 2 is 1.71 bits per heavy atom. The smallest absolute Gasteiger partial charge is 0.313 e. The molecular weight excluding hydrogens is 266 g/mol. The number of Topliss-reactive ketones (excluding diaryl/α,β-unsaturated/α-hetero) is 1. The first-order valence-corrected chi connectivity index (χ1v) is 6.49. The second kappa shape index (κ2) is 6.61. The fraction of sp³-hybridized carbons (Fsp3) is 0.118. The lowest BCUT2D eigenvalue weighted by Gasteiger charge is -2.07. The number of carbonyl (C=O) groups is 2. The molecular formula is C17H15NO3. The molecule has 0 bridgehead atoms. The summed E-state index contributed by atoms with van der Waals surface area (Å²) in [6, 6.07) is 9.41. The Balaban J connectivity index is 2.00. The summed E-state index contributed by atoms with van der Waals surface area (Å²) in [4.78, 5) is 27.9. The van der Waals surface area contributed by atoms with Gasteiger partial charge >= 0.3 is 5.97 Å². The predicted molar refractivity (Wildman–Crippen MR) is 81.5 cm³/mol. The second-order valence-electron chi connectivity index (χ2n) is 4.65. The van der Waals surface area contributed by atoms with Gasteiger partial charge in [-0.1, -0.05) is 35.5 Å². The third-order valence-electron chi connectivity index (χ3n) is 2.90. The number of oxime groups is 1. The number of hydrogen-bond donors (Lipinski definition) is 0. The molecule has 0 radical (unpaired) electrons. The van der Waals surface area contributed by atoms with Crippen LogP contribution in [-0.2, 0) is 14.4 Å². The van der Waals surface area contributed by atoms with Crippen LogP contribution in [0, 0.1) is 0 Å². The van der Waals surface area contributed by atoms with Gasteiger partial charge in [-0.25, -0.2) is 4.79 Å². The Hall–Kier alpha value is -2.75. The van der Waals surface area contributed by atoms with E-state index in [-0.39, 0.29) is 5.78 Å². The minimum absolute atomic E-state index is 0.0238. The van der Waals surface area contributed by atoms with Crippen LogP contribution in [0.3, 0.4) is 0 Å². The van der Waals surface area contributed by atoms with Crippen molar-refractivity contribution >= 4 is 23.5 Å². The van der Waals surface area contributed by atoms with Gasteiger partial charge in [0.1, 0.15) is 5.71 Å². The number of hydrogen-bond acceptors (Lipinski definition) is 4. The predicted octanol–water partition coefficient (Wildman–Crippen LogP) is 3.07. The molecule has 0 aliphatic heterocycles. The standard InChI is InChI=1S/C17H15NO3/c1-12-10-15(11-13(2)17(12)20)18-21-16(19)9-8-14-6-4-3-5-7-14/h3-11H,1-2H3/b9-8+. The lowest BCUT2D eigenvalue weighted by atomic mass is 9.98. The minimum Gasteiger partial charge on any atom is -0.313 e. The van der Waals surface area contributed by atoms with Crippen LogP contribution in [0.5, 0.6) is 0 Å². The van der Waals surface area contributed by atoms with Crippen LogP contribution in [0.15, 0.2) is 64.9 Å². The van der Waals surface area contributed by atoms with Gasteiger partial charge in [0.05, 0.1) is 0 Å². The molecule has 1 aliphatic rings. The van der Waals surface area contributed by atoms with Gasteiger partial charge < -0.3 is 4.84 Å².